The smallest absolute Gasteiger partial charge is 0.227 e. The summed E-state index contributed by atoms with van der Waals surface area (Å²) in [5.74, 6) is -0.643. The summed E-state index contributed by atoms with van der Waals surface area (Å²) >= 11 is 0. The fourth-order valence-electron chi connectivity index (χ4n) is 3.74. The molecule has 0 aliphatic carbocycles. The molecule has 1 N–H and O–H groups in total. The van der Waals surface area contributed by atoms with Crippen LogP contribution < -0.4 is 10.2 Å². The number of benzene rings is 1. The number of nitrogens with zero attached hydrogens (tertiary/aromatic N) is 6. The molecule has 31 heavy (non-hydrogen) atoms. The Morgan fingerprint density at radius 3 is 2.55 bits per heavy atom. The van der Waals surface area contributed by atoms with Crippen molar-refractivity contribution in [2.24, 2.45) is 0 Å². The Kier molecular flexibility index (Phi) is 6.41. The lowest BCUT2D eigenvalue weighted by atomic mass is 10.2. The number of hydrogen-bond acceptors (Lipinski definition) is 6. The Bertz CT molecular complexity index is 1030. The maximum Gasteiger partial charge on any atom is 0.227 e. The summed E-state index contributed by atoms with van der Waals surface area (Å²) < 4.78 is 30.8. The molecule has 7 nitrogen and oxygen atoms in total. The Balaban J connectivity index is 1.49. The highest BCUT2D eigenvalue weighted by atomic mass is 19.1. The summed E-state index contributed by atoms with van der Waals surface area (Å²) in [5.41, 5.74) is 1.83. The molecule has 3 heterocycles. The van der Waals surface area contributed by atoms with Gasteiger partial charge in [0, 0.05) is 50.2 Å². The van der Waals surface area contributed by atoms with Crippen LogP contribution in [0.5, 0.6) is 0 Å². The van der Waals surface area contributed by atoms with Crippen LogP contribution in [0.4, 0.5) is 26.1 Å². The van der Waals surface area contributed by atoms with E-state index in [0.717, 1.165) is 51.9 Å². The number of aromatic nitrogens is 4. The van der Waals surface area contributed by atoms with Crippen LogP contribution in [-0.4, -0.2) is 57.4 Å². The van der Waals surface area contributed by atoms with Crippen LogP contribution >= 0.6 is 0 Å². The third-order valence-corrected chi connectivity index (χ3v) is 5.47. The molecule has 0 amide bonds. The van der Waals surface area contributed by atoms with Crippen molar-refractivity contribution in [2.45, 2.75) is 26.8 Å². The van der Waals surface area contributed by atoms with Crippen LogP contribution in [0.25, 0.3) is 11.3 Å². The first-order valence-electron chi connectivity index (χ1n) is 10.7. The maximum absolute atomic E-state index is 14.8. The number of anilines is 3. The Morgan fingerprint density at radius 2 is 1.84 bits per heavy atom. The highest BCUT2D eigenvalue weighted by Gasteiger charge is 2.19. The Morgan fingerprint density at radius 1 is 1.03 bits per heavy atom. The lowest BCUT2D eigenvalue weighted by Crippen LogP contribution is -2.46. The topological polar surface area (TPSA) is 62.1 Å². The van der Waals surface area contributed by atoms with Crippen LogP contribution in [0.15, 0.2) is 36.8 Å². The van der Waals surface area contributed by atoms with Gasteiger partial charge in [0.2, 0.25) is 5.95 Å². The monoisotopic (exact) mass is 427 g/mol. The number of likely N-dealkylation sites (N-methyl/N-ethyl adjacent to an activating group) is 1. The molecule has 1 aromatic carbocycles. The summed E-state index contributed by atoms with van der Waals surface area (Å²) in [7, 11) is 0. The zero-order chi connectivity index (χ0) is 21.8. The molecule has 0 radical (unpaired) electrons. The summed E-state index contributed by atoms with van der Waals surface area (Å²) in [6, 6.07) is 4.97. The number of nitrogens with one attached hydrogen (secondary N) is 1. The van der Waals surface area contributed by atoms with Crippen LogP contribution in [-0.2, 0) is 6.54 Å². The summed E-state index contributed by atoms with van der Waals surface area (Å²) in [6.45, 7) is 9.39. The van der Waals surface area contributed by atoms with Crippen LogP contribution in [0.2, 0.25) is 0 Å². The second-order valence-electron chi connectivity index (χ2n) is 7.59. The van der Waals surface area contributed by atoms with Crippen molar-refractivity contribution in [3.8, 4) is 11.3 Å². The van der Waals surface area contributed by atoms with Crippen molar-refractivity contribution in [1.82, 2.24) is 24.6 Å². The van der Waals surface area contributed by atoms with Gasteiger partial charge in [-0.2, -0.15) is 5.10 Å². The molecule has 1 fully saturated rings. The molecule has 9 heteroatoms. The largest absolute Gasteiger partial charge is 0.367 e. The zero-order valence-electron chi connectivity index (χ0n) is 17.9. The van der Waals surface area contributed by atoms with Crippen molar-refractivity contribution in [2.75, 3.05) is 42.9 Å². The van der Waals surface area contributed by atoms with Gasteiger partial charge in [0.25, 0.3) is 0 Å². The van der Waals surface area contributed by atoms with Crippen molar-refractivity contribution in [1.29, 1.82) is 0 Å². The molecule has 2 aromatic heterocycles. The number of piperazine rings is 1. The summed E-state index contributed by atoms with van der Waals surface area (Å²) in [6.07, 6.45) is 5.37. The van der Waals surface area contributed by atoms with E-state index in [4.69, 9.17) is 0 Å². The molecule has 1 aliphatic rings. The Labute approximate surface area is 180 Å². The standard InChI is InChI=1S/C22H27F2N7/c1-3-7-31-15-16(13-26-31)21-19(24)14-25-22(28-21)27-17-5-6-20(18(23)12-17)30-10-8-29(4-2)9-11-30/h5-6,12-15H,3-4,7-11H2,1-2H3,(H,25,27,28). The quantitative estimate of drug-likeness (QED) is 0.617. The second-order valence-corrected chi connectivity index (χ2v) is 7.59. The van der Waals surface area contributed by atoms with E-state index in [0.29, 0.717) is 16.9 Å². The average molecular weight is 428 g/mol. The molecule has 4 rings (SSSR count). The number of aryl methyl sites for hydroxylation is 1. The van der Waals surface area contributed by atoms with Crippen LogP contribution in [0.1, 0.15) is 20.3 Å². The number of hydrogen-bond donors (Lipinski definition) is 1. The normalized spacial score (nSPS) is 14.8. The van der Waals surface area contributed by atoms with Crippen molar-refractivity contribution >= 4 is 17.3 Å². The third kappa shape index (κ3) is 4.82. The van der Waals surface area contributed by atoms with Gasteiger partial charge in [0.1, 0.15) is 11.5 Å². The van der Waals surface area contributed by atoms with E-state index in [9.17, 15) is 8.78 Å². The molecule has 0 atom stereocenters. The minimum absolute atomic E-state index is 0.158. The number of rotatable bonds is 7. The second kappa shape index (κ2) is 9.38. The van der Waals surface area contributed by atoms with Crippen molar-refractivity contribution in [3.05, 3.63) is 48.4 Å². The van der Waals surface area contributed by atoms with Crippen molar-refractivity contribution in [3.63, 3.8) is 0 Å². The Hall–Kier alpha value is -3.07. The molecular formula is C22H27F2N7. The summed E-state index contributed by atoms with van der Waals surface area (Å²) in [5, 5.41) is 7.20. The molecule has 3 aromatic rings. The SMILES string of the molecule is CCCn1cc(-c2nc(Nc3ccc(N4CCN(CC)CC4)c(F)c3)ncc2F)cn1. The molecule has 0 bridgehead atoms. The first kappa shape index (κ1) is 21.2. The van der Waals surface area contributed by atoms with Gasteiger partial charge in [-0.25, -0.2) is 18.7 Å². The van der Waals surface area contributed by atoms with E-state index in [1.807, 2.05) is 6.92 Å². The van der Waals surface area contributed by atoms with Gasteiger partial charge in [-0.05, 0) is 31.2 Å². The third-order valence-electron chi connectivity index (χ3n) is 5.47. The van der Waals surface area contributed by atoms with Gasteiger partial charge in [-0.15, -0.1) is 0 Å². The molecular weight excluding hydrogens is 400 g/mol. The van der Waals surface area contributed by atoms with Crippen molar-refractivity contribution < 1.29 is 8.78 Å². The highest BCUT2D eigenvalue weighted by Crippen LogP contribution is 2.26. The van der Waals surface area contributed by atoms with E-state index >= 15 is 0 Å². The van der Waals surface area contributed by atoms with E-state index in [1.165, 1.54) is 6.07 Å². The maximum atomic E-state index is 14.8. The molecule has 0 unspecified atom stereocenters. The minimum atomic E-state index is -0.533. The van der Waals surface area contributed by atoms with Crippen LogP contribution in [0.3, 0.4) is 0 Å². The van der Waals surface area contributed by atoms with E-state index in [-0.39, 0.29) is 17.5 Å². The van der Waals surface area contributed by atoms with Gasteiger partial charge in [-0.3, -0.25) is 4.68 Å². The predicted molar refractivity (Wildman–Crippen MR) is 118 cm³/mol. The summed E-state index contributed by atoms with van der Waals surface area (Å²) in [4.78, 5) is 12.7. The minimum Gasteiger partial charge on any atom is -0.367 e. The highest BCUT2D eigenvalue weighted by molar-refractivity contribution is 5.63. The van der Waals surface area contributed by atoms with Gasteiger partial charge in [0.15, 0.2) is 5.82 Å². The number of halogens is 2. The average Bonchev–Trinajstić information content (AvgIpc) is 3.24. The van der Waals surface area contributed by atoms with E-state index < -0.39 is 5.82 Å². The van der Waals surface area contributed by atoms with Gasteiger partial charge < -0.3 is 15.1 Å². The molecule has 1 saturated heterocycles. The lowest BCUT2D eigenvalue weighted by molar-refractivity contribution is 0.270. The predicted octanol–water partition coefficient (Wildman–Crippen LogP) is 3.91. The van der Waals surface area contributed by atoms with Gasteiger partial charge >= 0.3 is 0 Å². The van der Waals surface area contributed by atoms with Gasteiger partial charge in [0.05, 0.1) is 18.1 Å². The molecule has 164 valence electrons. The zero-order valence-corrected chi connectivity index (χ0v) is 17.9. The molecule has 0 saturated carbocycles. The molecule has 1 aliphatic heterocycles. The first-order chi connectivity index (χ1) is 15.1. The lowest BCUT2D eigenvalue weighted by Gasteiger charge is -2.35. The van der Waals surface area contributed by atoms with Gasteiger partial charge in [-0.1, -0.05) is 13.8 Å². The first-order valence-corrected chi connectivity index (χ1v) is 10.7. The van der Waals surface area contributed by atoms with E-state index in [2.05, 4.69) is 37.1 Å². The van der Waals surface area contributed by atoms with E-state index in [1.54, 1.807) is 29.2 Å². The van der Waals surface area contributed by atoms with Crippen LogP contribution in [0, 0.1) is 11.6 Å². The molecule has 0 spiro atoms. The fraction of sp³-hybridized carbons (Fsp3) is 0.409. The fourth-order valence-corrected chi connectivity index (χ4v) is 3.74.